The third kappa shape index (κ3) is 3.28. The van der Waals surface area contributed by atoms with E-state index in [0.717, 1.165) is 5.56 Å². The quantitative estimate of drug-likeness (QED) is 0.941. The monoisotopic (exact) mass is 301 g/mol. The second-order valence-electron chi connectivity index (χ2n) is 4.99. The van der Waals surface area contributed by atoms with Crippen molar-refractivity contribution in [3.05, 3.63) is 47.5 Å². The molecular formula is C15H15N3O2S. The molecule has 108 valence electrons. The first-order chi connectivity index (χ1) is 10.2. The number of hydrogen-bond acceptors (Lipinski definition) is 4. The van der Waals surface area contributed by atoms with Crippen LogP contribution in [0.2, 0.25) is 0 Å². The van der Waals surface area contributed by atoms with Crippen LogP contribution < -0.4 is 5.32 Å². The number of amides is 2. The summed E-state index contributed by atoms with van der Waals surface area (Å²) in [6.07, 6.45) is 1.91. The Hall–Kier alpha value is -2.21. The number of nitrogens with one attached hydrogen (secondary N) is 1. The van der Waals surface area contributed by atoms with E-state index in [9.17, 15) is 9.59 Å². The first kappa shape index (κ1) is 13.8. The molecule has 21 heavy (non-hydrogen) atoms. The molecule has 0 radical (unpaired) electrons. The first-order valence-corrected chi connectivity index (χ1v) is 7.62. The van der Waals surface area contributed by atoms with Gasteiger partial charge in [0, 0.05) is 31.1 Å². The lowest BCUT2D eigenvalue weighted by molar-refractivity contribution is -0.128. The van der Waals surface area contributed by atoms with E-state index < -0.39 is 0 Å². The van der Waals surface area contributed by atoms with Crippen molar-refractivity contribution in [1.29, 1.82) is 0 Å². The molecule has 6 heteroatoms. The Kier molecular flexibility index (Phi) is 3.96. The minimum atomic E-state index is -0.301. The smallest absolute Gasteiger partial charge is 0.231 e. The third-order valence-corrected chi connectivity index (χ3v) is 4.15. The van der Waals surface area contributed by atoms with Crippen LogP contribution in [0.4, 0.5) is 5.13 Å². The normalized spacial score (nSPS) is 18.0. The average molecular weight is 301 g/mol. The maximum atomic E-state index is 12.1. The molecule has 0 bridgehead atoms. The minimum absolute atomic E-state index is 0.0261. The molecule has 2 heterocycles. The van der Waals surface area contributed by atoms with E-state index in [1.165, 1.54) is 11.3 Å². The summed E-state index contributed by atoms with van der Waals surface area (Å²) >= 11 is 1.37. The van der Waals surface area contributed by atoms with Gasteiger partial charge >= 0.3 is 0 Å². The number of thiazole rings is 1. The molecule has 1 atom stereocenters. The molecule has 1 aliphatic heterocycles. The highest BCUT2D eigenvalue weighted by atomic mass is 32.1. The summed E-state index contributed by atoms with van der Waals surface area (Å²) < 4.78 is 0. The highest BCUT2D eigenvalue weighted by molar-refractivity contribution is 7.13. The zero-order chi connectivity index (χ0) is 14.7. The molecule has 5 nitrogen and oxygen atoms in total. The molecule has 1 fully saturated rings. The van der Waals surface area contributed by atoms with Crippen molar-refractivity contribution in [2.24, 2.45) is 5.92 Å². The summed E-state index contributed by atoms with van der Waals surface area (Å²) in [6, 6.07) is 9.80. The Balaban J connectivity index is 1.60. The number of rotatable bonds is 4. The van der Waals surface area contributed by atoms with Crippen LogP contribution in [0.5, 0.6) is 0 Å². The second kappa shape index (κ2) is 6.05. The van der Waals surface area contributed by atoms with Gasteiger partial charge in [0.05, 0.1) is 5.92 Å². The van der Waals surface area contributed by atoms with Crippen LogP contribution in [0, 0.1) is 5.92 Å². The number of aromatic nitrogens is 1. The molecule has 3 rings (SSSR count). The molecule has 2 amide bonds. The Morgan fingerprint density at radius 1 is 1.38 bits per heavy atom. The second-order valence-corrected chi connectivity index (χ2v) is 5.88. The van der Waals surface area contributed by atoms with Gasteiger partial charge in [-0.3, -0.25) is 9.59 Å². The number of benzene rings is 1. The highest BCUT2D eigenvalue weighted by Gasteiger charge is 2.34. The molecule has 2 aromatic rings. The van der Waals surface area contributed by atoms with Crippen molar-refractivity contribution >= 4 is 28.3 Å². The van der Waals surface area contributed by atoms with Crippen LogP contribution in [-0.4, -0.2) is 28.2 Å². The van der Waals surface area contributed by atoms with Crippen molar-refractivity contribution in [3.63, 3.8) is 0 Å². The van der Waals surface area contributed by atoms with Gasteiger partial charge in [-0.1, -0.05) is 30.3 Å². The molecule has 1 aromatic carbocycles. The Morgan fingerprint density at radius 3 is 2.90 bits per heavy atom. The van der Waals surface area contributed by atoms with Crippen LogP contribution in [0.15, 0.2) is 41.9 Å². The highest BCUT2D eigenvalue weighted by Crippen LogP contribution is 2.22. The van der Waals surface area contributed by atoms with Gasteiger partial charge in [-0.25, -0.2) is 4.98 Å². The van der Waals surface area contributed by atoms with Gasteiger partial charge in [0.15, 0.2) is 5.13 Å². The van der Waals surface area contributed by atoms with Crippen molar-refractivity contribution in [3.8, 4) is 0 Å². The standard InChI is InChI=1S/C15H15N3O2S/c19-13-8-12(14(20)17-15-16-6-7-21-15)10-18(13)9-11-4-2-1-3-5-11/h1-7,12H,8-10H2,(H,16,17,20). The van der Waals surface area contributed by atoms with Gasteiger partial charge in [0.2, 0.25) is 11.8 Å². The van der Waals surface area contributed by atoms with Crippen LogP contribution in [-0.2, 0) is 16.1 Å². The summed E-state index contributed by atoms with van der Waals surface area (Å²) in [7, 11) is 0. The molecular weight excluding hydrogens is 286 g/mol. The number of nitrogens with zero attached hydrogens (tertiary/aromatic N) is 2. The van der Waals surface area contributed by atoms with E-state index in [1.807, 2.05) is 30.3 Å². The zero-order valence-electron chi connectivity index (χ0n) is 11.4. The molecule has 0 aliphatic carbocycles. The van der Waals surface area contributed by atoms with E-state index in [2.05, 4.69) is 10.3 Å². The van der Waals surface area contributed by atoms with Gasteiger partial charge in [0.25, 0.3) is 0 Å². The number of likely N-dealkylation sites (tertiary alicyclic amines) is 1. The maximum absolute atomic E-state index is 12.1. The summed E-state index contributed by atoms with van der Waals surface area (Å²) in [5.74, 6) is -0.405. The molecule has 1 unspecified atom stereocenters. The molecule has 1 aromatic heterocycles. The number of anilines is 1. The van der Waals surface area contributed by atoms with Gasteiger partial charge in [0.1, 0.15) is 0 Å². The van der Waals surface area contributed by atoms with Crippen LogP contribution in [0.25, 0.3) is 0 Å². The number of hydrogen-bond donors (Lipinski definition) is 1. The summed E-state index contributed by atoms with van der Waals surface area (Å²) in [6.45, 7) is 1.02. The number of carbonyl (C=O) groups excluding carboxylic acids is 2. The Bertz CT molecular complexity index is 628. The predicted octanol–water partition coefficient (Wildman–Crippen LogP) is 2.13. The third-order valence-electron chi connectivity index (χ3n) is 3.46. The van der Waals surface area contributed by atoms with Crippen LogP contribution >= 0.6 is 11.3 Å². The number of carbonyl (C=O) groups is 2. The van der Waals surface area contributed by atoms with E-state index in [-0.39, 0.29) is 24.2 Å². The van der Waals surface area contributed by atoms with Gasteiger partial charge < -0.3 is 10.2 Å². The van der Waals surface area contributed by atoms with Crippen molar-refractivity contribution in [1.82, 2.24) is 9.88 Å². The fraction of sp³-hybridized carbons (Fsp3) is 0.267. The summed E-state index contributed by atoms with van der Waals surface area (Å²) in [5.41, 5.74) is 1.08. The van der Waals surface area contributed by atoms with E-state index in [0.29, 0.717) is 18.2 Å². The largest absolute Gasteiger partial charge is 0.338 e. The lowest BCUT2D eigenvalue weighted by Crippen LogP contribution is -2.28. The van der Waals surface area contributed by atoms with E-state index in [4.69, 9.17) is 0 Å². The first-order valence-electron chi connectivity index (χ1n) is 6.74. The SMILES string of the molecule is O=C(Nc1nccs1)C1CC(=O)N(Cc2ccccc2)C1. The van der Waals surface area contributed by atoms with Crippen molar-refractivity contribution in [2.45, 2.75) is 13.0 Å². The van der Waals surface area contributed by atoms with Gasteiger partial charge in [-0.15, -0.1) is 11.3 Å². The van der Waals surface area contributed by atoms with Gasteiger partial charge in [-0.05, 0) is 5.56 Å². The van der Waals surface area contributed by atoms with E-state index >= 15 is 0 Å². The topological polar surface area (TPSA) is 62.3 Å². The molecule has 1 N–H and O–H groups in total. The Labute approximate surface area is 126 Å². The summed E-state index contributed by atoms with van der Waals surface area (Å²) in [5, 5.41) is 5.14. The molecule has 0 saturated carbocycles. The molecule has 0 spiro atoms. The lowest BCUT2D eigenvalue weighted by atomic mass is 10.1. The predicted molar refractivity (Wildman–Crippen MR) is 80.7 cm³/mol. The van der Waals surface area contributed by atoms with Crippen LogP contribution in [0.1, 0.15) is 12.0 Å². The minimum Gasteiger partial charge on any atom is -0.338 e. The zero-order valence-corrected chi connectivity index (χ0v) is 12.2. The Morgan fingerprint density at radius 2 is 2.19 bits per heavy atom. The summed E-state index contributed by atoms with van der Waals surface area (Å²) in [4.78, 5) is 29.9. The molecule has 1 aliphatic rings. The molecule has 1 saturated heterocycles. The van der Waals surface area contributed by atoms with Crippen molar-refractivity contribution < 1.29 is 9.59 Å². The maximum Gasteiger partial charge on any atom is 0.231 e. The fourth-order valence-corrected chi connectivity index (χ4v) is 2.93. The lowest BCUT2D eigenvalue weighted by Gasteiger charge is -2.16. The van der Waals surface area contributed by atoms with Crippen LogP contribution in [0.3, 0.4) is 0 Å². The van der Waals surface area contributed by atoms with Crippen molar-refractivity contribution in [2.75, 3.05) is 11.9 Å². The van der Waals surface area contributed by atoms with E-state index in [1.54, 1.807) is 16.5 Å². The fourth-order valence-electron chi connectivity index (χ4n) is 2.40. The van der Waals surface area contributed by atoms with Gasteiger partial charge in [-0.2, -0.15) is 0 Å². The average Bonchev–Trinajstić information content (AvgIpc) is 3.11.